The average molecular weight is 384 g/mol. The minimum absolute atomic E-state index is 0.131. The van der Waals surface area contributed by atoms with E-state index in [2.05, 4.69) is 32.4 Å². The topological polar surface area (TPSA) is 26.3 Å². The number of halogens is 1. The fraction of sp³-hybridized carbons (Fsp3) is 0.471. The molecule has 2 nitrogen and oxygen atoms in total. The Balaban J connectivity index is 1.95. The second-order valence-corrected chi connectivity index (χ2v) is 5.22. The van der Waals surface area contributed by atoms with Crippen molar-refractivity contribution in [3.05, 3.63) is 30.3 Å². The third-order valence-corrected chi connectivity index (χ3v) is 3.36. The molecule has 0 saturated heterocycles. The van der Waals surface area contributed by atoms with E-state index in [9.17, 15) is 4.79 Å². The van der Waals surface area contributed by atoms with Crippen LogP contribution in [0.3, 0.4) is 0 Å². The number of para-hydroxylation sites is 1. The van der Waals surface area contributed by atoms with E-state index < -0.39 is 0 Å². The minimum atomic E-state index is -0.131. The Morgan fingerprint density at radius 3 is 2.35 bits per heavy atom. The molecule has 1 aromatic rings. The second-order valence-electron chi connectivity index (χ2n) is 4.68. The molecule has 0 spiro atoms. The molecule has 0 N–H and O–H groups in total. The second kappa shape index (κ2) is 11.8. The van der Waals surface area contributed by atoms with Crippen LogP contribution < -0.4 is 4.74 Å². The van der Waals surface area contributed by atoms with Gasteiger partial charge in [0.2, 0.25) is 0 Å². The van der Waals surface area contributed by atoms with E-state index in [1.165, 1.54) is 25.7 Å². The number of esters is 1. The number of benzene rings is 1. The van der Waals surface area contributed by atoms with Crippen molar-refractivity contribution >= 4 is 28.6 Å². The molecule has 0 bridgehead atoms. The van der Waals surface area contributed by atoms with Gasteiger partial charge in [0.1, 0.15) is 5.75 Å². The molecular formula is C17H21IO2. The number of rotatable bonds is 9. The van der Waals surface area contributed by atoms with Crippen LogP contribution in [-0.2, 0) is 4.79 Å². The molecule has 0 saturated carbocycles. The first-order valence-electron chi connectivity index (χ1n) is 7.17. The SMILES string of the molecule is O=C(CCCCCCCCC#CI)Oc1ccccc1. The summed E-state index contributed by atoms with van der Waals surface area (Å²) < 4.78 is 8.11. The lowest BCUT2D eigenvalue weighted by atomic mass is 10.1. The van der Waals surface area contributed by atoms with E-state index in [1.54, 1.807) is 12.1 Å². The first-order valence-corrected chi connectivity index (χ1v) is 8.25. The molecule has 0 unspecified atom stereocenters. The predicted molar refractivity (Wildman–Crippen MR) is 90.8 cm³/mol. The molecule has 108 valence electrons. The summed E-state index contributed by atoms with van der Waals surface area (Å²) in [6.45, 7) is 0. The number of ether oxygens (including phenoxy) is 1. The van der Waals surface area contributed by atoms with Gasteiger partial charge in [-0.05, 0) is 28.9 Å². The summed E-state index contributed by atoms with van der Waals surface area (Å²) in [6, 6.07) is 9.24. The molecule has 1 aromatic carbocycles. The van der Waals surface area contributed by atoms with Crippen LogP contribution in [0.4, 0.5) is 0 Å². The van der Waals surface area contributed by atoms with Gasteiger partial charge in [0.15, 0.2) is 0 Å². The van der Waals surface area contributed by atoms with E-state index in [0.29, 0.717) is 12.2 Å². The lowest BCUT2D eigenvalue weighted by molar-refractivity contribution is -0.134. The Kier molecular flexibility index (Phi) is 10.0. The molecule has 0 atom stereocenters. The lowest BCUT2D eigenvalue weighted by Gasteiger charge is -2.04. The summed E-state index contributed by atoms with van der Waals surface area (Å²) in [5.41, 5.74) is 0. The number of carbonyl (C=O) groups excluding carboxylic acids is 1. The van der Waals surface area contributed by atoms with Crippen molar-refractivity contribution in [2.75, 3.05) is 0 Å². The molecular weight excluding hydrogens is 363 g/mol. The van der Waals surface area contributed by atoms with E-state index in [0.717, 1.165) is 19.3 Å². The van der Waals surface area contributed by atoms with E-state index in [4.69, 9.17) is 4.74 Å². The van der Waals surface area contributed by atoms with Crippen molar-refractivity contribution < 1.29 is 9.53 Å². The molecule has 0 heterocycles. The third-order valence-electron chi connectivity index (χ3n) is 2.97. The van der Waals surface area contributed by atoms with Gasteiger partial charge in [0, 0.05) is 35.4 Å². The molecule has 0 aromatic heterocycles. The first-order chi connectivity index (χ1) is 9.83. The van der Waals surface area contributed by atoms with Crippen molar-refractivity contribution in [2.24, 2.45) is 0 Å². The molecule has 0 aliphatic heterocycles. The predicted octanol–water partition coefficient (Wildman–Crippen LogP) is 5.11. The Hall–Kier alpha value is -1.02. The van der Waals surface area contributed by atoms with Crippen LogP contribution in [0.1, 0.15) is 51.4 Å². The molecule has 0 aliphatic carbocycles. The molecule has 0 fully saturated rings. The summed E-state index contributed by atoms with van der Waals surface area (Å²) in [7, 11) is 0. The Labute approximate surface area is 135 Å². The van der Waals surface area contributed by atoms with Crippen molar-refractivity contribution in [3.63, 3.8) is 0 Å². The van der Waals surface area contributed by atoms with Gasteiger partial charge < -0.3 is 4.74 Å². The summed E-state index contributed by atoms with van der Waals surface area (Å²) >= 11 is 2.08. The number of hydrogen-bond acceptors (Lipinski definition) is 2. The van der Waals surface area contributed by atoms with Crippen LogP contribution in [0.25, 0.3) is 0 Å². The first kappa shape index (κ1) is 17.0. The van der Waals surface area contributed by atoms with E-state index in [-0.39, 0.29) is 5.97 Å². The average Bonchev–Trinajstić information content (AvgIpc) is 2.46. The Morgan fingerprint density at radius 2 is 1.65 bits per heavy atom. The van der Waals surface area contributed by atoms with Gasteiger partial charge in [-0.1, -0.05) is 49.8 Å². The van der Waals surface area contributed by atoms with Crippen LogP contribution in [0.2, 0.25) is 0 Å². The van der Waals surface area contributed by atoms with Crippen LogP contribution in [-0.4, -0.2) is 5.97 Å². The summed E-state index contributed by atoms with van der Waals surface area (Å²) in [6.07, 6.45) is 8.38. The fourth-order valence-corrected chi connectivity index (χ4v) is 2.18. The highest BCUT2D eigenvalue weighted by Crippen LogP contribution is 2.12. The Bertz CT molecular complexity index is 431. The lowest BCUT2D eigenvalue weighted by Crippen LogP contribution is -2.07. The highest BCUT2D eigenvalue weighted by molar-refractivity contribution is 14.1. The zero-order chi connectivity index (χ0) is 14.5. The van der Waals surface area contributed by atoms with Crippen LogP contribution >= 0.6 is 22.6 Å². The van der Waals surface area contributed by atoms with Gasteiger partial charge >= 0.3 is 5.97 Å². The van der Waals surface area contributed by atoms with Crippen LogP contribution in [0, 0.1) is 9.85 Å². The Morgan fingerprint density at radius 1 is 1.00 bits per heavy atom. The maximum atomic E-state index is 11.6. The van der Waals surface area contributed by atoms with Crippen molar-refractivity contribution in [1.82, 2.24) is 0 Å². The van der Waals surface area contributed by atoms with Gasteiger partial charge in [-0.2, -0.15) is 0 Å². The zero-order valence-corrected chi connectivity index (χ0v) is 13.9. The fourth-order valence-electron chi connectivity index (χ4n) is 1.91. The van der Waals surface area contributed by atoms with Gasteiger partial charge in [-0.15, -0.1) is 0 Å². The molecule has 1 rings (SSSR count). The monoisotopic (exact) mass is 384 g/mol. The smallest absolute Gasteiger partial charge is 0.311 e. The summed E-state index contributed by atoms with van der Waals surface area (Å²) in [5, 5.41) is 0. The van der Waals surface area contributed by atoms with Gasteiger partial charge in [-0.25, -0.2) is 0 Å². The third kappa shape index (κ3) is 8.98. The van der Waals surface area contributed by atoms with Gasteiger partial charge in [0.25, 0.3) is 0 Å². The normalized spacial score (nSPS) is 9.65. The number of carbonyl (C=O) groups is 1. The molecule has 0 aliphatic rings. The van der Waals surface area contributed by atoms with Crippen LogP contribution in [0.5, 0.6) is 5.75 Å². The maximum absolute atomic E-state index is 11.6. The molecule has 0 amide bonds. The van der Waals surface area contributed by atoms with Crippen molar-refractivity contribution in [3.8, 4) is 15.6 Å². The van der Waals surface area contributed by atoms with E-state index >= 15 is 0 Å². The quantitative estimate of drug-likeness (QED) is 0.195. The number of unbranched alkanes of at least 4 members (excludes halogenated alkanes) is 6. The maximum Gasteiger partial charge on any atom is 0.311 e. The highest BCUT2D eigenvalue weighted by Gasteiger charge is 2.03. The van der Waals surface area contributed by atoms with Crippen molar-refractivity contribution in [2.45, 2.75) is 51.4 Å². The highest BCUT2D eigenvalue weighted by atomic mass is 127. The molecule has 0 radical (unpaired) electrons. The number of hydrogen-bond donors (Lipinski definition) is 0. The van der Waals surface area contributed by atoms with Gasteiger partial charge in [-0.3, -0.25) is 4.79 Å². The van der Waals surface area contributed by atoms with Crippen LogP contribution in [0.15, 0.2) is 30.3 Å². The molecule has 20 heavy (non-hydrogen) atoms. The summed E-state index contributed by atoms with van der Waals surface area (Å²) in [4.78, 5) is 11.6. The minimum Gasteiger partial charge on any atom is -0.427 e. The standard InChI is InChI=1S/C17H21IO2/c18-15-11-6-4-2-1-3-5-10-14-17(19)20-16-12-8-7-9-13-16/h7-9,12-13H,1-6,10,14H2. The molecule has 3 heteroatoms. The van der Waals surface area contributed by atoms with E-state index in [1.807, 2.05) is 18.2 Å². The largest absolute Gasteiger partial charge is 0.427 e. The van der Waals surface area contributed by atoms with Crippen molar-refractivity contribution in [1.29, 1.82) is 0 Å². The van der Waals surface area contributed by atoms with Gasteiger partial charge in [0.05, 0.1) is 0 Å². The zero-order valence-electron chi connectivity index (χ0n) is 11.7. The summed E-state index contributed by atoms with van der Waals surface area (Å²) in [5.74, 6) is 3.57.